The maximum absolute atomic E-state index is 11.9. The average molecular weight is 243 g/mol. The van der Waals surface area contributed by atoms with Crippen LogP contribution < -0.4 is 10.8 Å². The second-order valence-electron chi connectivity index (χ2n) is 3.97. The molecule has 1 heterocycles. The van der Waals surface area contributed by atoms with Crippen LogP contribution >= 0.6 is 0 Å². The Balaban J connectivity index is 2.63. The number of carbonyl (C=O) groups is 3. The van der Waals surface area contributed by atoms with Crippen LogP contribution in [0.3, 0.4) is 0 Å². The van der Waals surface area contributed by atoms with E-state index in [-0.39, 0.29) is 6.54 Å². The summed E-state index contributed by atoms with van der Waals surface area (Å²) in [5, 5.41) is 2.56. The van der Waals surface area contributed by atoms with Crippen molar-refractivity contribution in [1.82, 2.24) is 15.7 Å². The first-order valence-corrected chi connectivity index (χ1v) is 5.49. The topological polar surface area (TPSA) is 87.7 Å². The van der Waals surface area contributed by atoms with Gasteiger partial charge in [0.25, 0.3) is 11.8 Å². The van der Waals surface area contributed by atoms with Crippen LogP contribution in [0.2, 0.25) is 0 Å². The normalized spacial score (nSPS) is 23.8. The minimum absolute atomic E-state index is 0.318. The molecule has 1 aliphatic rings. The molecular weight excluding hydrogens is 226 g/mol. The Kier molecular flexibility index (Phi) is 4.06. The lowest BCUT2D eigenvalue weighted by Gasteiger charge is -2.18. The van der Waals surface area contributed by atoms with Gasteiger partial charge >= 0.3 is 6.03 Å². The van der Waals surface area contributed by atoms with Gasteiger partial charge in [-0.05, 0) is 20.3 Å². The molecule has 17 heavy (non-hydrogen) atoms. The van der Waals surface area contributed by atoms with Gasteiger partial charge in [-0.1, -0.05) is 6.92 Å². The number of hydroxylamine groups is 1. The van der Waals surface area contributed by atoms with Crippen molar-refractivity contribution in [1.29, 1.82) is 0 Å². The molecule has 2 N–H and O–H groups in total. The van der Waals surface area contributed by atoms with Crippen LogP contribution in [0.1, 0.15) is 27.2 Å². The van der Waals surface area contributed by atoms with Gasteiger partial charge in [0, 0.05) is 0 Å². The molecule has 0 spiro atoms. The summed E-state index contributed by atoms with van der Waals surface area (Å²) in [7, 11) is 0. The van der Waals surface area contributed by atoms with Crippen molar-refractivity contribution in [2.45, 2.75) is 32.7 Å². The standard InChI is InChI=1S/C10H17N3O4/c1-4-10(3)8(15)13(9(16)11-10)6-7(14)12-17-5-2/h4-6H2,1-3H3,(H,11,16)(H,12,14). The molecule has 0 aliphatic carbocycles. The number of hydrogen-bond acceptors (Lipinski definition) is 4. The van der Waals surface area contributed by atoms with Gasteiger partial charge in [0.2, 0.25) is 0 Å². The zero-order valence-electron chi connectivity index (χ0n) is 10.2. The summed E-state index contributed by atoms with van der Waals surface area (Å²) in [6.45, 7) is 5.12. The van der Waals surface area contributed by atoms with Crippen LogP contribution in [-0.4, -0.2) is 41.4 Å². The van der Waals surface area contributed by atoms with Crippen molar-refractivity contribution in [3.8, 4) is 0 Å². The van der Waals surface area contributed by atoms with E-state index in [9.17, 15) is 14.4 Å². The van der Waals surface area contributed by atoms with E-state index in [0.29, 0.717) is 13.0 Å². The lowest BCUT2D eigenvalue weighted by atomic mass is 9.99. The number of nitrogens with one attached hydrogen (secondary N) is 2. The molecule has 1 saturated heterocycles. The van der Waals surface area contributed by atoms with Gasteiger partial charge in [0.15, 0.2) is 0 Å². The van der Waals surface area contributed by atoms with Crippen molar-refractivity contribution in [3.05, 3.63) is 0 Å². The van der Waals surface area contributed by atoms with Gasteiger partial charge in [-0.15, -0.1) is 0 Å². The Morgan fingerprint density at radius 1 is 1.47 bits per heavy atom. The Morgan fingerprint density at radius 2 is 2.12 bits per heavy atom. The Labute approximate surface area is 99.4 Å². The predicted molar refractivity (Wildman–Crippen MR) is 58.7 cm³/mol. The minimum atomic E-state index is -0.914. The van der Waals surface area contributed by atoms with E-state index in [1.165, 1.54) is 0 Å². The molecule has 1 rings (SSSR count). The second-order valence-corrected chi connectivity index (χ2v) is 3.97. The first-order chi connectivity index (χ1) is 7.94. The SMILES string of the molecule is CCONC(=O)CN1C(=O)NC(C)(CC)C1=O. The van der Waals surface area contributed by atoms with E-state index in [0.717, 1.165) is 4.90 Å². The largest absolute Gasteiger partial charge is 0.325 e. The molecule has 0 radical (unpaired) electrons. The van der Waals surface area contributed by atoms with Crippen LogP contribution in [0.15, 0.2) is 0 Å². The summed E-state index contributed by atoms with van der Waals surface area (Å²) >= 11 is 0. The van der Waals surface area contributed by atoms with Gasteiger partial charge in [-0.25, -0.2) is 10.3 Å². The zero-order chi connectivity index (χ0) is 13.1. The molecule has 1 aliphatic heterocycles. The van der Waals surface area contributed by atoms with Crippen LogP contribution in [0, 0.1) is 0 Å². The molecule has 1 atom stereocenters. The predicted octanol–water partition coefficient (Wildman–Crippen LogP) is -0.225. The highest BCUT2D eigenvalue weighted by Gasteiger charge is 2.46. The van der Waals surface area contributed by atoms with E-state index in [1.54, 1.807) is 20.8 Å². The molecule has 0 aromatic carbocycles. The van der Waals surface area contributed by atoms with Crippen LogP contribution in [0.4, 0.5) is 4.79 Å². The fourth-order valence-electron chi connectivity index (χ4n) is 1.46. The quantitative estimate of drug-likeness (QED) is 0.516. The highest BCUT2D eigenvalue weighted by atomic mass is 16.6. The van der Waals surface area contributed by atoms with E-state index >= 15 is 0 Å². The number of hydrogen-bond donors (Lipinski definition) is 2. The highest BCUT2D eigenvalue weighted by molar-refractivity contribution is 6.08. The lowest BCUT2D eigenvalue weighted by molar-refractivity contribution is -0.139. The summed E-state index contributed by atoms with van der Waals surface area (Å²) in [4.78, 5) is 40.4. The van der Waals surface area contributed by atoms with Crippen LogP contribution in [0.5, 0.6) is 0 Å². The third-order valence-corrected chi connectivity index (χ3v) is 2.68. The van der Waals surface area contributed by atoms with E-state index in [4.69, 9.17) is 0 Å². The highest BCUT2D eigenvalue weighted by Crippen LogP contribution is 2.20. The number of carbonyl (C=O) groups excluding carboxylic acids is 3. The maximum Gasteiger partial charge on any atom is 0.325 e. The molecule has 0 bridgehead atoms. The van der Waals surface area contributed by atoms with Crippen molar-refractivity contribution in [2.75, 3.05) is 13.2 Å². The van der Waals surface area contributed by atoms with Gasteiger partial charge in [-0.3, -0.25) is 19.3 Å². The molecular formula is C10H17N3O4. The Hall–Kier alpha value is -1.63. The number of nitrogens with zero attached hydrogens (tertiary/aromatic N) is 1. The van der Waals surface area contributed by atoms with E-state index in [1.807, 2.05) is 0 Å². The van der Waals surface area contributed by atoms with E-state index in [2.05, 4.69) is 15.6 Å². The molecule has 4 amide bonds. The number of urea groups is 1. The summed E-state index contributed by atoms with van der Waals surface area (Å²) in [6.07, 6.45) is 0.473. The van der Waals surface area contributed by atoms with Crippen LogP contribution in [-0.2, 0) is 14.4 Å². The number of rotatable bonds is 5. The number of amides is 4. The molecule has 1 fully saturated rings. The fourth-order valence-corrected chi connectivity index (χ4v) is 1.46. The van der Waals surface area contributed by atoms with Crippen molar-refractivity contribution >= 4 is 17.8 Å². The first-order valence-electron chi connectivity index (χ1n) is 5.49. The van der Waals surface area contributed by atoms with Crippen molar-refractivity contribution in [2.24, 2.45) is 0 Å². The fraction of sp³-hybridized carbons (Fsp3) is 0.700. The zero-order valence-corrected chi connectivity index (χ0v) is 10.2. The second kappa shape index (κ2) is 5.13. The van der Waals surface area contributed by atoms with Gasteiger partial charge in [0.05, 0.1) is 6.61 Å². The molecule has 7 nitrogen and oxygen atoms in total. The molecule has 7 heteroatoms. The molecule has 1 unspecified atom stereocenters. The Bertz CT molecular complexity index is 344. The first kappa shape index (κ1) is 13.4. The Morgan fingerprint density at radius 3 is 2.59 bits per heavy atom. The smallest absolute Gasteiger partial charge is 0.323 e. The van der Waals surface area contributed by atoms with Crippen molar-refractivity contribution < 1.29 is 19.2 Å². The average Bonchev–Trinajstić information content (AvgIpc) is 2.51. The van der Waals surface area contributed by atoms with E-state index < -0.39 is 23.4 Å². The summed E-state index contributed by atoms with van der Waals surface area (Å²) in [5.74, 6) is -0.924. The maximum atomic E-state index is 11.9. The molecule has 0 saturated carbocycles. The minimum Gasteiger partial charge on any atom is -0.323 e. The molecule has 0 aromatic rings. The summed E-state index contributed by atoms with van der Waals surface area (Å²) < 4.78 is 0. The summed E-state index contributed by atoms with van der Waals surface area (Å²) in [6, 6.07) is -0.550. The number of imide groups is 1. The van der Waals surface area contributed by atoms with Crippen molar-refractivity contribution in [3.63, 3.8) is 0 Å². The van der Waals surface area contributed by atoms with Gasteiger partial charge in [0.1, 0.15) is 12.1 Å². The monoisotopic (exact) mass is 243 g/mol. The third kappa shape index (κ3) is 2.73. The molecule has 96 valence electrons. The third-order valence-electron chi connectivity index (χ3n) is 2.68. The van der Waals surface area contributed by atoms with Crippen LogP contribution in [0.25, 0.3) is 0 Å². The lowest BCUT2D eigenvalue weighted by Crippen LogP contribution is -2.44. The molecule has 0 aromatic heterocycles. The summed E-state index contributed by atoms with van der Waals surface area (Å²) in [5.41, 5.74) is 1.22. The van der Waals surface area contributed by atoms with Gasteiger partial charge < -0.3 is 5.32 Å². The van der Waals surface area contributed by atoms with Gasteiger partial charge in [-0.2, -0.15) is 0 Å².